The molecule has 1 aliphatic rings. The van der Waals surface area contributed by atoms with Crippen molar-refractivity contribution in [3.8, 4) is 0 Å². The lowest BCUT2D eigenvalue weighted by Gasteiger charge is -2.31. The molecule has 0 amide bonds. The minimum atomic E-state index is 0.503. The van der Waals surface area contributed by atoms with E-state index in [2.05, 4.69) is 69.4 Å². The normalized spacial score (nSPS) is 18.7. The topological polar surface area (TPSA) is 18.5 Å². The van der Waals surface area contributed by atoms with Gasteiger partial charge < -0.3 is 15.1 Å². The maximum atomic E-state index is 3.50. The Morgan fingerprint density at radius 1 is 1.21 bits per heavy atom. The summed E-state index contributed by atoms with van der Waals surface area (Å²) in [4.78, 5) is 4.89. The summed E-state index contributed by atoms with van der Waals surface area (Å²) in [6.07, 6.45) is 1.19. The first kappa shape index (κ1) is 15.0. The average molecular weight is 326 g/mol. The molecular formula is C15H24BrN3. The van der Waals surface area contributed by atoms with Gasteiger partial charge in [-0.1, -0.05) is 28.1 Å². The van der Waals surface area contributed by atoms with Crippen molar-refractivity contribution < 1.29 is 0 Å². The van der Waals surface area contributed by atoms with E-state index in [0.29, 0.717) is 6.04 Å². The van der Waals surface area contributed by atoms with Crippen molar-refractivity contribution in [3.05, 3.63) is 34.3 Å². The van der Waals surface area contributed by atoms with Crippen molar-refractivity contribution in [3.63, 3.8) is 0 Å². The fourth-order valence-electron chi connectivity index (χ4n) is 2.65. The predicted octanol–water partition coefficient (Wildman–Crippen LogP) is 2.35. The Morgan fingerprint density at radius 3 is 2.42 bits per heavy atom. The molecule has 19 heavy (non-hydrogen) atoms. The first-order valence-corrected chi connectivity index (χ1v) is 7.81. The van der Waals surface area contributed by atoms with E-state index in [4.69, 9.17) is 0 Å². The van der Waals surface area contributed by atoms with E-state index in [1.807, 2.05) is 0 Å². The minimum absolute atomic E-state index is 0.503. The molecule has 1 aromatic rings. The molecule has 0 bridgehead atoms. The van der Waals surface area contributed by atoms with Crippen molar-refractivity contribution in [1.29, 1.82) is 0 Å². The van der Waals surface area contributed by atoms with E-state index in [1.54, 1.807) is 0 Å². The van der Waals surface area contributed by atoms with Gasteiger partial charge in [0.1, 0.15) is 0 Å². The van der Waals surface area contributed by atoms with Crippen LogP contribution in [0.25, 0.3) is 0 Å². The fourth-order valence-corrected chi connectivity index (χ4v) is 2.91. The van der Waals surface area contributed by atoms with Crippen LogP contribution in [-0.2, 0) is 0 Å². The van der Waals surface area contributed by atoms with Gasteiger partial charge in [0.15, 0.2) is 0 Å². The summed E-state index contributed by atoms with van der Waals surface area (Å²) in [5.74, 6) is 0. The van der Waals surface area contributed by atoms with E-state index in [9.17, 15) is 0 Å². The molecule has 1 fully saturated rings. The Bertz CT molecular complexity index is 371. The van der Waals surface area contributed by atoms with Gasteiger partial charge in [0.2, 0.25) is 0 Å². The molecule has 0 aliphatic carbocycles. The van der Waals surface area contributed by atoms with Crippen LogP contribution in [0.3, 0.4) is 0 Å². The molecule has 0 radical (unpaired) electrons. The van der Waals surface area contributed by atoms with E-state index >= 15 is 0 Å². The smallest absolute Gasteiger partial charge is 0.0354 e. The van der Waals surface area contributed by atoms with Gasteiger partial charge in [0.05, 0.1) is 0 Å². The van der Waals surface area contributed by atoms with Crippen LogP contribution in [0.4, 0.5) is 0 Å². The number of piperazine rings is 1. The second kappa shape index (κ2) is 7.39. The molecule has 106 valence electrons. The van der Waals surface area contributed by atoms with Crippen LogP contribution >= 0.6 is 15.9 Å². The van der Waals surface area contributed by atoms with Gasteiger partial charge in [-0.15, -0.1) is 0 Å². The standard InChI is InChI=1S/C15H24BrN3/c1-18(2)15(13-3-5-14(16)6-4-13)7-10-19-11-8-17-9-12-19/h3-6,15,17H,7-12H2,1-2H3. The Hall–Kier alpha value is -0.420. The van der Waals surface area contributed by atoms with Crippen LogP contribution in [-0.4, -0.2) is 56.6 Å². The second-order valence-electron chi connectivity index (χ2n) is 5.41. The number of hydrogen-bond acceptors (Lipinski definition) is 3. The quantitative estimate of drug-likeness (QED) is 0.896. The lowest BCUT2D eigenvalue weighted by Crippen LogP contribution is -2.44. The van der Waals surface area contributed by atoms with Gasteiger partial charge in [-0.25, -0.2) is 0 Å². The minimum Gasteiger partial charge on any atom is -0.314 e. The Balaban J connectivity index is 1.94. The number of benzene rings is 1. The SMILES string of the molecule is CN(C)C(CCN1CCNCC1)c1ccc(Br)cc1. The van der Waals surface area contributed by atoms with Crippen LogP contribution in [0.5, 0.6) is 0 Å². The van der Waals surface area contributed by atoms with E-state index < -0.39 is 0 Å². The van der Waals surface area contributed by atoms with Crippen LogP contribution in [0, 0.1) is 0 Å². The lowest BCUT2D eigenvalue weighted by molar-refractivity contribution is 0.199. The van der Waals surface area contributed by atoms with Gasteiger partial charge in [-0.2, -0.15) is 0 Å². The summed E-state index contributed by atoms with van der Waals surface area (Å²) < 4.78 is 1.15. The fraction of sp³-hybridized carbons (Fsp3) is 0.600. The van der Waals surface area contributed by atoms with Gasteiger partial charge >= 0.3 is 0 Å². The summed E-state index contributed by atoms with van der Waals surface area (Å²) in [6.45, 7) is 5.80. The molecule has 0 spiro atoms. The van der Waals surface area contributed by atoms with Gasteiger partial charge in [-0.3, -0.25) is 0 Å². The van der Waals surface area contributed by atoms with Crippen LogP contribution in [0.2, 0.25) is 0 Å². The van der Waals surface area contributed by atoms with Crippen molar-refractivity contribution in [2.75, 3.05) is 46.8 Å². The van der Waals surface area contributed by atoms with Crippen molar-refractivity contribution in [2.45, 2.75) is 12.5 Å². The number of nitrogens with zero attached hydrogens (tertiary/aromatic N) is 2. The highest BCUT2D eigenvalue weighted by molar-refractivity contribution is 9.10. The highest BCUT2D eigenvalue weighted by Gasteiger charge is 2.16. The van der Waals surface area contributed by atoms with Crippen molar-refractivity contribution >= 4 is 15.9 Å². The van der Waals surface area contributed by atoms with Crippen molar-refractivity contribution in [1.82, 2.24) is 15.1 Å². The zero-order valence-electron chi connectivity index (χ0n) is 11.9. The molecule has 1 atom stereocenters. The molecule has 3 nitrogen and oxygen atoms in total. The number of nitrogens with one attached hydrogen (secondary N) is 1. The van der Waals surface area contributed by atoms with E-state index in [-0.39, 0.29) is 0 Å². The molecule has 0 saturated carbocycles. The summed E-state index contributed by atoms with van der Waals surface area (Å²) in [7, 11) is 4.34. The highest BCUT2D eigenvalue weighted by atomic mass is 79.9. The maximum Gasteiger partial charge on any atom is 0.0354 e. The molecule has 1 unspecified atom stereocenters. The molecule has 1 saturated heterocycles. The molecule has 4 heteroatoms. The summed E-state index contributed by atoms with van der Waals surface area (Å²) in [5, 5.41) is 3.41. The predicted molar refractivity (Wildman–Crippen MR) is 84.5 cm³/mol. The molecule has 1 N–H and O–H groups in total. The molecule has 2 rings (SSSR count). The third kappa shape index (κ3) is 4.56. The van der Waals surface area contributed by atoms with E-state index in [1.165, 1.54) is 31.6 Å². The Labute approximate surface area is 125 Å². The third-order valence-corrected chi connectivity index (χ3v) is 4.34. The Morgan fingerprint density at radius 2 is 1.84 bits per heavy atom. The molecule has 1 aromatic carbocycles. The summed E-state index contributed by atoms with van der Waals surface area (Å²) in [6, 6.07) is 9.23. The summed E-state index contributed by atoms with van der Waals surface area (Å²) >= 11 is 3.50. The lowest BCUT2D eigenvalue weighted by atomic mass is 10.0. The number of rotatable bonds is 5. The molecular weight excluding hydrogens is 302 g/mol. The van der Waals surface area contributed by atoms with Gasteiger partial charge in [0, 0.05) is 43.2 Å². The highest BCUT2D eigenvalue weighted by Crippen LogP contribution is 2.24. The van der Waals surface area contributed by atoms with Gasteiger partial charge in [0.25, 0.3) is 0 Å². The largest absolute Gasteiger partial charge is 0.314 e. The molecule has 0 aromatic heterocycles. The summed E-state index contributed by atoms with van der Waals surface area (Å²) in [5.41, 5.74) is 1.41. The second-order valence-corrected chi connectivity index (χ2v) is 6.33. The first-order valence-electron chi connectivity index (χ1n) is 7.02. The first-order chi connectivity index (χ1) is 9.16. The number of hydrogen-bond donors (Lipinski definition) is 1. The van der Waals surface area contributed by atoms with Gasteiger partial charge in [-0.05, 0) is 38.2 Å². The monoisotopic (exact) mass is 325 g/mol. The number of halogens is 1. The van der Waals surface area contributed by atoms with Crippen LogP contribution in [0.15, 0.2) is 28.7 Å². The van der Waals surface area contributed by atoms with E-state index in [0.717, 1.165) is 17.6 Å². The zero-order chi connectivity index (χ0) is 13.7. The zero-order valence-corrected chi connectivity index (χ0v) is 13.5. The van der Waals surface area contributed by atoms with Crippen LogP contribution in [0.1, 0.15) is 18.0 Å². The molecule has 1 heterocycles. The van der Waals surface area contributed by atoms with Crippen LogP contribution < -0.4 is 5.32 Å². The molecule has 1 aliphatic heterocycles. The van der Waals surface area contributed by atoms with Crippen molar-refractivity contribution in [2.24, 2.45) is 0 Å². The maximum absolute atomic E-state index is 3.50. The Kier molecular flexibility index (Phi) is 5.82. The third-order valence-electron chi connectivity index (χ3n) is 3.81. The average Bonchev–Trinajstić information content (AvgIpc) is 2.42.